The topological polar surface area (TPSA) is 105 Å². The van der Waals surface area contributed by atoms with E-state index in [0.717, 1.165) is 85.8 Å². The van der Waals surface area contributed by atoms with Crippen LogP contribution in [-0.2, 0) is 13.1 Å². The highest BCUT2D eigenvalue weighted by Crippen LogP contribution is 2.60. The molecule has 5 heterocycles. The summed E-state index contributed by atoms with van der Waals surface area (Å²) in [6.45, 7) is 4.23. The lowest BCUT2D eigenvalue weighted by Crippen LogP contribution is -2.53. The Labute approximate surface area is 278 Å². The maximum atomic E-state index is 14.1. The van der Waals surface area contributed by atoms with Gasteiger partial charge in [0.15, 0.2) is 11.5 Å². The number of nitrogens with zero attached hydrogens (tertiary/aromatic N) is 8. The first-order chi connectivity index (χ1) is 23.6. The van der Waals surface area contributed by atoms with Gasteiger partial charge < -0.3 is 23.7 Å². The molecule has 10 nitrogen and oxygen atoms in total. The summed E-state index contributed by atoms with van der Waals surface area (Å²) >= 11 is 0. The van der Waals surface area contributed by atoms with Gasteiger partial charge in [-0.15, -0.1) is 0 Å². The summed E-state index contributed by atoms with van der Waals surface area (Å²) in [5.74, 6) is 5.69. The van der Waals surface area contributed by atoms with E-state index in [1.807, 2.05) is 12.1 Å². The van der Waals surface area contributed by atoms with Crippen molar-refractivity contribution in [3.8, 4) is 23.3 Å². The third-order valence-corrected chi connectivity index (χ3v) is 12.0. The first-order valence-electron chi connectivity index (χ1n) is 17.5. The second-order valence-corrected chi connectivity index (χ2v) is 14.8. The SMILES string of the molecule is COc1cc(C(=O)N2CC3CC4CC2[C@H]43)cc2nc(-c3cc4ccccc4n3CC3CC3)n(C[C@H]3CCN(c4cncc(C#N)n4)C3)c12. The van der Waals surface area contributed by atoms with Crippen LogP contribution in [0.1, 0.15) is 48.2 Å². The van der Waals surface area contributed by atoms with Crippen LogP contribution in [0.5, 0.6) is 5.75 Å². The number of carbonyl (C=O) groups excluding carboxylic acids is 1. The Kier molecular flexibility index (Phi) is 6.18. The second-order valence-electron chi connectivity index (χ2n) is 14.8. The normalized spacial score (nSPS) is 25.6. The van der Waals surface area contributed by atoms with Crippen LogP contribution in [0, 0.1) is 40.9 Å². The monoisotopic (exact) mass is 638 g/mol. The fourth-order valence-corrected chi connectivity index (χ4v) is 9.41. The van der Waals surface area contributed by atoms with Gasteiger partial charge in [0.05, 0.1) is 30.7 Å². The minimum atomic E-state index is 0.110. The van der Waals surface area contributed by atoms with Crippen LogP contribution in [0.4, 0.5) is 5.82 Å². The molecule has 1 amide bonds. The minimum absolute atomic E-state index is 0.110. The molecular formula is C38H38N8O2. The van der Waals surface area contributed by atoms with Crippen molar-refractivity contribution in [2.45, 2.75) is 51.2 Å². The van der Waals surface area contributed by atoms with Crippen molar-refractivity contribution >= 4 is 33.7 Å². The molecule has 0 bridgehead atoms. The van der Waals surface area contributed by atoms with Crippen molar-refractivity contribution in [3.63, 3.8) is 0 Å². The maximum absolute atomic E-state index is 14.1. The number of anilines is 1. The van der Waals surface area contributed by atoms with Crippen molar-refractivity contribution < 1.29 is 9.53 Å². The third kappa shape index (κ3) is 4.29. The van der Waals surface area contributed by atoms with E-state index < -0.39 is 0 Å². The summed E-state index contributed by atoms with van der Waals surface area (Å²) in [4.78, 5) is 32.6. The van der Waals surface area contributed by atoms with Crippen molar-refractivity contribution in [2.75, 3.05) is 31.6 Å². The summed E-state index contributed by atoms with van der Waals surface area (Å²) in [6, 6.07) is 17.4. The first kappa shape index (κ1) is 28.1. The predicted molar refractivity (Wildman–Crippen MR) is 182 cm³/mol. The quantitative estimate of drug-likeness (QED) is 0.213. The molecule has 242 valence electrons. The Morgan fingerprint density at radius 3 is 2.67 bits per heavy atom. The zero-order valence-corrected chi connectivity index (χ0v) is 27.1. The number of fused-ring (bicyclic) bond motifs is 2. The number of hydrogen-bond donors (Lipinski definition) is 0. The summed E-state index contributed by atoms with van der Waals surface area (Å²) in [5, 5.41) is 10.6. The van der Waals surface area contributed by atoms with Crippen molar-refractivity contribution in [1.29, 1.82) is 5.26 Å². The molecule has 2 aliphatic heterocycles. The van der Waals surface area contributed by atoms with E-state index >= 15 is 0 Å². The van der Waals surface area contributed by atoms with Crippen LogP contribution in [0.25, 0.3) is 33.5 Å². The average Bonchev–Trinajstić information content (AvgIpc) is 3.50. The minimum Gasteiger partial charge on any atom is -0.494 e. The lowest BCUT2D eigenvalue weighted by atomic mass is 9.53. The standard InChI is InChI=1S/C38H38N8O2/c1-48-33-14-26(38(47)45-21-27-10-25-13-31(45)35(25)27)11-29-36(33)46(20-23-8-9-43(18-23)34-17-40-16-28(15-39)41-34)37(42-29)32-12-24-4-2-3-5-30(24)44(32)19-22-6-7-22/h2-5,11-12,14,16-17,22-23,25,27,31,35H,6-10,13,18-21H2,1H3/t23-,25?,27?,31?,35+/m0/s1. The van der Waals surface area contributed by atoms with E-state index in [1.165, 1.54) is 36.4 Å². The van der Waals surface area contributed by atoms with Gasteiger partial charge in [0.25, 0.3) is 5.91 Å². The number of hydrogen-bond acceptors (Lipinski definition) is 7. The molecule has 0 N–H and O–H groups in total. The molecule has 2 saturated heterocycles. The van der Waals surface area contributed by atoms with E-state index in [0.29, 0.717) is 40.8 Å². The number of aromatic nitrogens is 5. The number of imidazole rings is 1. The Balaban J connectivity index is 1.07. The van der Waals surface area contributed by atoms with E-state index in [-0.39, 0.29) is 5.91 Å². The molecule has 10 heteroatoms. The Morgan fingerprint density at radius 1 is 0.979 bits per heavy atom. The highest BCUT2D eigenvalue weighted by Gasteiger charge is 2.61. The van der Waals surface area contributed by atoms with Gasteiger partial charge in [-0.05, 0) is 86.0 Å². The predicted octanol–water partition coefficient (Wildman–Crippen LogP) is 5.75. The zero-order valence-electron chi connectivity index (χ0n) is 27.1. The number of amides is 1. The fraction of sp³-hybridized carbons (Fsp3) is 0.447. The molecule has 0 spiro atoms. The summed E-state index contributed by atoms with van der Waals surface area (Å²) in [6.07, 6.45) is 9.18. The van der Waals surface area contributed by atoms with E-state index in [1.54, 1.807) is 13.3 Å². The molecule has 10 rings (SSSR count). The second kappa shape index (κ2) is 10.5. The highest BCUT2D eigenvalue weighted by atomic mass is 16.5. The number of ether oxygens (including phenoxy) is 1. The maximum Gasteiger partial charge on any atom is 0.254 e. The number of benzene rings is 2. The number of carbonyl (C=O) groups is 1. The van der Waals surface area contributed by atoms with Crippen LogP contribution < -0.4 is 9.64 Å². The van der Waals surface area contributed by atoms with Crippen LogP contribution in [-0.4, -0.2) is 67.7 Å². The molecule has 3 aliphatic carbocycles. The summed E-state index contributed by atoms with van der Waals surface area (Å²) < 4.78 is 10.9. The van der Waals surface area contributed by atoms with E-state index in [4.69, 9.17) is 9.72 Å². The van der Waals surface area contributed by atoms with Gasteiger partial charge in [0.2, 0.25) is 0 Å². The Morgan fingerprint density at radius 2 is 1.85 bits per heavy atom. The lowest BCUT2D eigenvalue weighted by Gasteiger charge is -2.52. The Bertz CT molecular complexity index is 2160. The number of methoxy groups -OCH3 is 1. The van der Waals surface area contributed by atoms with Crippen molar-refractivity contribution in [2.24, 2.45) is 29.6 Å². The van der Waals surface area contributed by atoms with Crippen LogP contribution in [0.2, 0.25) is 0 Å². The average molecular weight is 639 g/mol. The number of likely N-dealkylation sites (tertiary alicyclic amines) is 1. The summed E-state index contributed by atoms with van der Waals surface area (Å²) in [7, 11) is 1.70. The molecule has 3 aromatic heterocycles. The van der Waals surface area contributed by atoms with Gasteiger partial charge in [-0.1, -0.05) is 18.2 Å². The molecule has 5 aromatic rings. The lowest BCUT2D eigenvalue weighted by molar-refractivity contribution is -0.0204. The van der Waals surface area contributed by atoms with Gasteiger partial charge in [0, 0.05) is 55.2 Å². The van der Waals surface area contributed by atoms with Crippen molar-refractivity contribution in [1.82, 2.24) is 29.0 Å². The third-order valence-electron chi connectivity index (χ3n) is 12.0. The smallest absolute Gasteiger partial charge is 0.254 e. The molecular weight excluding hydrogens is 600 g/mol. The molecule has 0 radical (unpaired) electrons. The zero-order chi connectivity index (χ0) is 32.1. The van der Waals surface area contributed by atoms with Crippen LogP contribution >= 0.6 is 0 Å². The molecule has 5 atom stereocenters. The number of para-hydroxylation sites is 1. The van der Waals surface area contributed by atoms with Gasteiger partial charge >= 0.3 is 0 Å². The largest absolute Gasteiger partial charge is 0.494 e. The molecule has 3 saturated carbocycles. The van der Waals surface area contributed by atoms with Gasteiger partial charge in [0.1, 0.15) is 23.2 Å². The van der Waals surface area contributed by atoms with Gasteiger partial charge in [-0.3, -0.25) is 9.78 Å². The molecule has 48 heavy (non-hydrogen) atoms. The fourth-order valence-electron chi connectivity index (χ4n) is 9.41. The number of rotatable bonds is 8. The number of nitriles is 1. The van der Waals surface area contributed by atoms with E-state index in [9.17, 15) is 10.1 Å². The van der Waals surface area contributed by atoms with Gasteiger partial charge in [-0.2, -0.15) is 5.26 Å². The van der Waals surface area contributed by atoms with Gasteiger partial charge in [-0.25, -0.2) is 9.97 Å². The molecule has 5 aliphatic rings. The van der Waals surface area contributed by atoms with Crippen molar-refractivity contribution in [3.05, 3.63) is 66.1 Å². The van der Waals surface area contributed by atoms with E-state index in [2.05, 4.69) is 65.3 Å². The van der Waals surface area contributed by atoms with Crippen LogP contribution in [0.15, 0.2) is 54.9 Å². The molecule has 2 aromatic carbocycles. The highest BCUT2D eigenvalue weighted by molar-refractivity contribution is 6.00. The Hall–Kier alpha value is -4.91. The molecule has 5 fully saturated rings. The molecule has 3 unspecified atom stereocenters. The first-order valence-corrected chi connectivity index (χ1v) is 17.5. The summed E-state index contributed by atoms with van der Waals surface area (Å²) in [5.41, 5.74) is 5.06. The van der Waals surface area contributed by atoms with Crippen LogP contribution in [0.3, 0.4) is 0 Å².